The number of aromatic nitrogens is 1. The molecule has 0 fully saturated rings. The fraction of sp³-hybridized carbons (Fsp3) is 0.238. The van der Waals surface area contributed by atoms with Crippen molar-refractivity contribution in [2.24, 2.45) is 5.73 Å². The topological polar surface area (TPSA) is 85.3 Å². The Labute approximate surface area is 166 Å². The number of hydrogen-bond donors (Lipinski definition) is 2. The maximum Gasteiger partial charge on any atom is 0.262 e. The lowest BCUT2D eigenvalue weighted by atomic mass is 9.93. The zero-order valence-electron chi connectivity index (χ0n) is 15.5. The quantitative estimate of drug-likeness (QED) is 0.658. The van der Waals surface area contributed by atoms with Crippen LogP contribution < -0.4 is 5.73 Å². The minimum atomic E-state index is -0.818. The van der Waals surface area contributed by atoms with Crippen molar-refractivity contribution < 1.29 is 19.1 Å². The summed E-state index contributed by atoms with van der Waals surface area (Å²) < 4.78 is 15.5. The van der Waals surface area contributed by atoms with E-state index < -0.39 is 17.5 Å². The number of rotatable bonds is 5. The molecule has 0 saturated carbocycles. The summed E-state index contributed by atoms with van der Waals surface area (Å²) in [4.78, 5) is 24.4. The van der Waals surface area contributed by atoms with Crippen LogP contribution in [0.4, 0.5) is 4.39 Å². The Bertz CT molecular complexity index is 1090. The molecular formula is C21H20ClFN2O3. The highest BCUT2D eigenvalue weighted by Gasteiger charge is 2.24. The molecule has 0 aliphatic heterocycles. The van der Waals surface area contributed by atoms with Gasteiger partial charge in [0, 0.05) is 34.2 Å². The predicted molar refractivity (Wildman–Crippen MR) is 106 cm³/mol. The van der Waals surface area contributed by atoms with Gasteiger partial charge >= 0.3 is 0 Å². The number of amides is 1. The molecule has 5 nitrogen and oxygen atoms in total. The number of carbonyl (C=O) groups excluding carboxylic acids is 2. The SMILES string of the molecule is Cc1c([C@@H](C)CCC(N)=O)c2cc(O)c(F)cc2n1C(=O)c1cccc(Cl)c1. The van der Waals surface area contributed by atoms with Crippen LogP contribution in [-0.4, -0.2) is 21.5 Å². The Morgan fingerprint density at radius 2 is 2.00 bits per heavy atom. The number of nitrogens with zero attached hydrogens (tertiary/aromatic N) is 1. The van der Waals surface area contributed by atoms with Crippen LogP contribution >= 0.6 is 11.6 Å². The standard InChI is InChI=1S/C21H20ClFN2O3/c1-11(6-7-19(24)27)20-12(2)25(17-10-16(23)18(26)9-15(17)20)21(28)13-4-3-5-14(22)8-13/h3-5,8-11,26H,6-7H2,1-2H3,(H2,24,27)/t11-/m0/s1. The van der Waals surface area contributed by atoms with E-state index in [1.165, 1.54) is 10.6 Å². The maximum absolute atomic E-state index is 14.1. The minimum Gasteiger partial charge on any atom is -0.505 e. The number of halogens is 2. The largest absolute Gasteiger partial charge is 0.505 e. The number of phenolic OH excluding ortho intramolecular Hbond substituents is 1. The summed E-state index contributed by atoms with van der Waals surface area (Å²) in [5.41, 5.74) is 7.34. The van der Waals surface area contributed by atoms with E-state index in [4.69, 9.17) is 17.3 Å². The van der Waals surface area contributed by atoms with Gasteiger partial charge in [0.2, 0.25) is 5.91 Å². The second kappa shape index (κ2) is 7.64. The summed E-state index contributed by atoms with van der Waals surface area (Å²) in [6, 6.07) is 8.96. The fourth-order valence-electron chi connectivity index (χ4n) is 3.59. The van der Waals surface area contributed by atoms with E-state index in [2.05, 4.69) is 0 Å². The molecule has 3 rings (SSSR count). The molecule has 28 heavy (non-hydrogen) atoms. The number of carbonyl (C=O) groups is 2. The van der Waals surface area contributed by atoms with Crippen LogP contribution in [0.3, 0.4) is 0 Å². The number of aromatic hydroxyl groups is 1. The molecule has 1 atom stereocenters. The van der Waals surface area contributed by atoms with Gasteiger partial charge in [-0.3, -0.25) is 14.2 Å². The van der Waals surface area contributed by atoms with Gasteiger partial charge in [-0.2, -0.15) is 0 Å². The van der Waals surface area contributed by atoms with Crippen molar-refractivity contribution in [1.82, 2.24) is 4.57 Å². The predicted octanol–water partition coefficient (Wildman–Crippen LogP) is 4.51. The van der Waals surface area contributed by atoms with Crippen molar-refractivity contribution in [3.05, 3.63) is 64.1 Å². The third-order valence-electron chi connectivity index (χ3n) is 4.91. The van der Waals surface area contributed by atoms with E-state index in [1.807, 2.05) is 6.92 Å². The first-order chi connectivity index (χ1) is 13.2. The van der Waals surface area contributed by atoms with Gasteiger partial charge in [-0.15, -0.1) is 0 Å². The van der Waals surface area contributed by atoms with Crippen LogP contribution in [0.25, 0.3) is 10.9 Å². The van der Waals surface area contributed by atoms with Gasteiger partial charge in [0.1, 0.15) is 0 Å². The van der Waals surface area contributed by atoms with Crippen molar-refractivity contribution in [1.29, 1.82) is 0 Å². The molecule has 0 bridgehead atoms. The highest BCUT2D eigenvalue weighted by molar-refractivity contribution is 6.31. The molecule has 146 valence electrons. The summed E-state index contributed by atoms with van der Waals surface area (Å²) in [6.07, 6.45) is 0.654. The number of nitrogens with two attached hydrogens (primary N) is 1. The molecule has 0 aliphatic carbocycles. The zero-order chi connectivity index (χ0) is 20.6. The average molecular weight is 403 g/mol. The van der Waals surface area contributed by atoms with Crippen molar-refractivity contribution in [3.63, 3.8) is 0 Å². The molecule has 1 aromatic heterocycles. The Morgan fingerprint density at radius 1 is 1.29 bits per heavy atom. The van der Waals surface area contributed by atoms with E-state index in [0.29, 0.717) is 33.6 Å². The summed E-state index contributed by atoms with van der Waals surface area (Å²) in [5, 5.41) is 10.8. The van der Waals surface area contributed by atoms with Crippen LogP contribution in [0.5, 0.6) is 5.75 Å². The highest BCUT2D eigenvalue weighted by Crippen LogP contribution is 2.37. The molecular weight excluding hydrogens is 383 g/mol. The first kappa shape index (κ1) is 19.9. The van der Waals surface area contributed by atoms with Gasteiger partial charge in [0.25, 0.3) is 5.91 Å². The summed E-state index contributed by atoms with van der Waals surface area (Å²) in [5.74, 6) is -2.22. The number of benzene rings is 2. The Kier molecular flexibility index (Phi) is 5.42. The van der Waals surface area contributed by atoms with Gasteiger partial charge in [0.15, 0.2) is 11.6 Å². The summed E-state index contributed by atoms with van der Waals surface area (Å²) >= 11 is 6.01. The van der Waals surface area contributed by atoms with E-state index in [0.717, 1.165) is 11.6 Å². The molecule has 0 aliphatic rings. The Morgan fingerprint density at radius 3 is 2.64 bits per heavy atom. The van der Waals surface area contributed by atoms with Crippen LogP contribution in [0.15, 0.2) is 36.4 Å². The number of phenols is 1. The van der Waals surface area contributed by atoms with Crippen LogP contribution in [0.2, 0.25) is 5.02 Å². The number of fused-ring (bicyclic) bond motifs is 1. The smallest absolute Gasteiger partial charge is 0.262 e. The lowest BCUT2D eigenvalue weighted by Crippen LogP contribution is -2.14. The molecule has 2 aromatic carbocycles. The minimum absolute atomic E-state index is 0.131. The fourth-order valence-corrected chi connectivity index (χ4v) is 3.78. The lowest BCUT2D eigenvalue weighted by molar-refractivity contribution is -0.118. The summed E-state index contributed by atoms with van der Waals surface area (Å²) in [6.45, 7) is 3.66. The van der Waals surface area contributed by atoms with Crippen molar-refractivity contribution in [3.8, 4) is 5.75 Å². The second-order valence-electron chi connectivity index (χ2n) is 6.88. The van der Waals surface area contributed by atoms with Crippen LogP contribution in [0, 0.1) is 12.7 Å². The van der Waals surface area contributed by atoms with Crippen LogP contribution in [-0.2, 0) is 4.79 Å². The first-order valence-corrected chi connectivity index (χ1v) is 9.20. The molecule has 1 heterocycles. The van der Waals surface area contributed by atoms with Crippen molar-refractivity contribution >= 4 is 34.3 Å². The second-order valence-corrected chi connectivity index (χ2v) is 7.31. The van der Waals surface area contributed by atoms with Gasteiger partial charge in [0.05, 0.1) is 5.52 Å². The van der Waals surface area contributed by atoms with Gasteiger partial charge in [-0.1, -0.05) is 24.6 Å². The average Bonchev–Trinajstić information content (AvgIpc) is 2.90. The molecule has 3 aromatic rings. The molecule has 1 amide bonds. The van der Waals surface area contributed by atoms with Crippen molar-refractivity contribution in [2.45, 2.75) is 32.6 Å². The molecule has 0 radical (unpaired) electrons. The monoisotopic (exact) mass is 402 g/mol. The molecule has 0 spiro atoms. The van der Waals surface area contributed by atoms with Gasteiger partial charge < -0.3 is 10.8 Å². The van der Waals surface area contributed by atoms with E-state index >= 15 is 0 Å². The van der Waals surface area contributed by atoms with E-state index in [-0.39, 0.29) is 18.2 Å². The number of primary amides is 1. The molecule has 3 N–H and O–H groups in total. The van der Waals surface area contributed by atoms with Crippen molar-refractivity contribution in [2.75, 3.05) is 0 Å². The van der Waals surface area contributed by atoms with E-state index in [9.17, 15) is 19.1 Å². The summed E-state index contributed by atoms with van der Waals surface area (Å²) in [7, 11) is 0. The molecule has 7 heteroatoms. The Balaban J connectivity index is 2.22. The third kappa shape index (κ3) is 3.60. The Hall–Kier alpha value is -2.86. The van der Waals surface area contributed by atoms with E-state index in [1.54, 1.807) is 31.2 Å². The maximum atomic E-state index is 14.1. The van der Waals surface area contributed by atoms with Gasteiger partial charge in [-0.05, 0) is 49.1 Å². The first-order valence-electron chi connectivity index (χ1n) is 8.82. The molecule has 0 saturated heterocycles. The van der Waals surface area contributed by atoms with Crippen LogP contribution in [0.1, 0.15) is 47.3 Å². The highest BCUT2D eigenvalue weighted by atomic mass is 35.5. The van der Waals surface area contributed by atoms with Gasteiger partial charge in [-0.25, -0.2) is 4.39 Å². The lowest BCUT2D eigenvalue weighted by Gasteiger charge is -2.12. The molecule has 0 unspecified atom stereocenters. The normalized spacial score (nSPS) is 12.3. The zero-order valence-corrected chi connectivity index (χ0v) is 16.3. The number of hydrogen-bond acceptors (Lipinski definition) is 3. The third-order valence-corrected chi connectivity index (χ3v) is 5.15.